The first-order chi connectivity index (χ1) is 9.79. The molecule has 1 aliphatic rings. The van der Waals surface area contributed by atoms with Gasteiger partial charge >= 0.3 is 0 Å². The highest BCUT2D eigenvalue weighted by molar-refractivity contribution is 6.30. The Balaban J connectivity index is 1.80. The van der Waals surface area contributed by atoms with Crippen molar-refractivity contribution in [3.05, 3.63) is 34.9 Å². The Labute approximate surface area is 128 Å². The average Bonchev–Trinajstić information content (AvgIpc) is 2.48. The molecule has 0 radical (unpaired) electrons. The zero-order valence-corrected chi connectivity index (χ0v) is 13.3. The summed E-state index contributed by atoms with van der Waals surface area (Å²) < 4.78 is 0. The van der Waals surface area contributed by atoms with Crippen LogP contribution < -0.4 is 5.32 Å². The summed E-state index contributed by atoms with van der Waals surface area (Å²) in [7, 11) is 0. The van der Waals surface area contributed by atoms with E-state index in [0.29, 0.717) is 6.04 Å². The lowest BCUT2D eigenvalue weighted by molar-refractivity contribution is 0.225. The Morgan fingerprint density at radius 1 is 1.15 bits per heavy atom. The topological polar surface area (TPSA) is 15.3 Å². The van der Waals surface area contributed by atoms with E-state index in [9.17, 15) is 0 Å². The Kier molecular flexibility index (Phi) is 6.85. The summed E-state index contributed by atoms with van der Waals surface area (Å²) in [5, 5.41) is 4.54. The molecule has 1 unspecified atom stereocenters. The van der Waals surface area contributed by atoms with Gasteiger partial charge < -0.3 is 10.2 Å². The molecule has 0 aliphatic carbocycles. The van der Waals surface area contributed by atoms with Crippen molar-refractivity contribution >= 4 is 11.6 Å². The van der Waals surface area contributed by atoms with E-state index in [1.54, 1.807) is 0 Å². The molecular weight excluding hydrogens is 268 g/mol. The Morgan fingerprint density at radius 2 is 1.85 bits per heavy atom. The lowest BCUT2D eigenvalue weighted by Gasteiger charge is -2.27. The standard InChI is InChI=1S/C17H27ClN2/c1-2-6-17(15-7-9-16(18)10-8-15)19-11-14-20-12-4-3-5-13-20/h7-10,17,19H,2-6,11-14H2,1H3. The van der Waals surface area contributed by atoms with Crippen LogP contribution in [-0.2, 0) is 0 Å². The molecule has 1 aromatic carbocycles. The van der Waals surface area contributed by atoms with Gasteiger partial charge in [-0.3, -0.25) is 0 Å². The second kappa shape index (κ2) is 8.66. The van der Waals surface area contributed by atoms with E-state index in [1.165, 1.54) is 57.3 Å². The van der Waals surface area contributed by atoms with Crippen LogP contribution in [0.5, 0.6) is 0 Å². The van der Waals surface area contributed by atoms with Crippen LogP contribution in [0.1, 0.15) is 50.6 Å². The molecule has 1 aromatic rings. The van der Waals surface area contributed by atoms with Crippen LogP contribution in [0.4, 0.5) is 0 Å². The fourth-order valence-corrected chi connectivity index (χ4v) is 3.08. The minimum atomic E-state index is 0.460. The van der Waals surface area contributed by atoms with Crippen LogP contribution in [-0.4, -0.2) is 31.1 Å². The zero-order chi connectivity index (χ0) is 14.2. The summed E-state index contributed by atoms with van der Waals surface area (Å²) >= 11 is 5.97. The molecule has 0 amide bonds. The van der Waals surface area contributed by atoms with Gasteiger partial charge in [0.1, 0.15) is 0 Å². The summed E-state index contributed by atoms with van der Waals surface area (Å²) in [4.78, 5) is 2.58. The quantitative estimate of drug-likeness (QED) is 0.808. The molecule has 0 spiro atoms. The van der Waals surface area contributed by atoms with Crippen LogP contribution >= 0.6 is 11.6 Å². The van der Waals surface area contributed by atoms with Crippen molar-refractivity contribution in [1.82, 2.24) is 10.2 Å². The van der Waals surface area contributed by atoms with Crippen molar-refractivity contribution in [2.75, 3.05) is 26.2 Å². The summed E-state index contributed by atoms with van der Waals surface area (Å²) in [6, 6.07) is 8.74. The van der Waals surface area contributed by atoms with Crippen molar-refractivity contribution in [1.29, 1.82) is 0 Å². The molecule has 20 heavy (non-hydrogen) atoms. The molecule has 3 heteroatoms. The van der Waals surface area contributed by atoms with E-state index in [0.717, 1.165) is 11.6 Å². The lowest BCUT2D eigenvalue weighted by atomic mass is 10.0. The van der Waals surface area contributed by atoms with Gasteiger partial charge in [0.05, 0.1) is 0 Å². The molecule has 1 heterocycles. The van der Waals surface area contributed by atoms with Gasteiger partial charge in [0.25, 0.3) is 0 Å². The molecule has 112 valence electrons. The van der Waals surface area contributed by atoms with Gasteiger partial charge in [-0.25, -0.2) is 0 Å². The summed E-state index contributed by atoms with van der Waals surface area (Å²) in [5.74, 6) is 0. The predicted molar refractivity (Wildman–Crippen MR) is 87.4 cm³/mol. The van der Waals surface area contributed by atoms with Gasteiger partial charge in [-0.15, -0.1) is 0 Å². The average molecular weight is 295 g/mol. The predicted octanol–water partition coefficient (Wildman–Crippen LogP) is 4.26. The minimum Gasteiger partial charge on any atom is -0.309 e. The van der Waals surface area contributed by atoms with Crippen LogP contribution in [0, 0.1) is 0 Å². The first-order valence-corrected chi connectivity index (χ1v) is 8.38. The van der Waals surface area contributed by atoms with Gasteiger partial charge in [-0.1, -0.05) is 43.5 Å². The van der Waals surface area contributed by atoms with E-state index in [1.807, 2.05) is 12.1 Å². The number of benzene rings is 1. The smallest absolute Gasteiger partial charge is 0.0406 e. The number of piperidine rings is 1. The van der Waals surface area contributed by atoms with Gasteiger partial charge in [-0.2, -0.15) is 0 Å². The third-order valence-corrected chi connectivity index (χ3v) is 4.37. The first-order valence-electron chi connectivity index (χ1n) is 8.01. The molecule has 2 rings (SSSR count). The maximum absolute atomic E-state index is 5.97. The van der Waals surface area contributed by atoms with Crippen LogP contribution in [0.15, 0.2) is 24.3 Å². The third-order valence-electron chi connectivity index (χ3n) is 4.12. The summed E-state index contributed by atoms with van der Waals surface area (Å²) in [6.07, 6.45) is 6.53. The fourth-order valence-electron chi connectivity index (χ4n) is 2.95. The number of likely N-dealkylation sites (tertiary alicyclic amines) is 1. The molecule has 1 atom stereocenters. The van der Waals surface area contributed by atoms with Crippen molar-refractivity contribution in [3.8, 4) is 0 Å². The van der Waals surface area contributed by atoms with Gasteiger partial charge in [-0.05, 0) is 50.0 Å². The largest absolute Gasteiger partial charge is 0.309 e. The van der Waals surface area contributed by atoms with E-state index in [-0.39, 0.29) is 0 Å². The monoisotopic (exact) mass is 294 g/mol. The first kappa shape index (κ1) is 15.8. The van der Waals surface area contributed by atoms with E-state index >= 15 is 0 Å². The molecule has 1 fully saturated rings. The zero-order valence-electron chi connectivity index (χ0n) is 12.6. The third kappa shape index (κ3) is 5.08. The van der Waals surface area contributed by atoms with Crippen molar-refractivity contribution in [2.24, 2.45) is 0 Å². The SMILES string of the molecule is CCCC(NCCN1CCCCC1)c1ccc(Cl)cc1. The summed E-state index contributed by atoms with van der Waals surface area (Å²) in [5.41, 5.74) is 1.36. The van der Waals surface area contributed by atoms with Crippen LogP contribution in [0.3, 0.4) is 0 Å². The normalized spacial score (nSPS) is 18.1. The highest BCUT2D eigenvalue weighted by Crippen LogP contribution is 2.20. The van der Waals surface area contributed by atoms with Crippen LogP contribution in [0.2, 0.25) is 5.02 Å². The maximum Gasteiger partial charge on any atom is 0.0406 e. The molecule has 1 saturated heterocycles. The van der Waals surface area contributed by atoms with E-state index in [4.69, 9.17) is 11.6 Å². The fraction of sp³-hybridized carbons (Fsp3) is 0.647. The Morgan fingerprint density at radius 3 is 2.50 bits per heavy atom. The highest BCUT2D eigenvalue weighted by atomic mass is 35.5. The second-order valence-corrected chi connectivity index (χ2v) is 6.19. The number of hydrogen-bond acceptors (Lipinski definition) is 2. The molecule has 1 aliphatic heterocycles. The molecule has 0 saturated carbocycles. The number of nitrogens with zero attached hydrogens (tertiary/aromatic N) is 1. The number of rotatable bonds is 7. The Hall–Kier alpha value is -0.570. The molecular formula is C17H27ClN2. The number of halogens is 1. The number of hydrogen-bond donors (Lipinski definition) is 1. The maximum atomic E-state index is 5.97. The summed E-state index contributed by atoms with van der Waals surface area (Å²) in [6.45, 7) is 7.05. The van der Waals surface area contributed by atoms with Crippen molar-refractivity contribution < 1.29 is 0 Å². The molecule has 0 aromatic heterocycles. The van der Waals surface area contributed by atoms with E-state index in [2.05, 4.69) is 29.3 Å². The highest BCUT2D eigenvalue weighted by Gasteiger charge is 2.12. The van der Waals surface area contributed by atoms with E-state index < -0.39 is 0 Å². The molecule has 0 bridgehead atoms. The van der Waals surface area contributed by atoms with Gasteiger partial charge in [0.15, 0.2) is 0 Å². The Bertz CT molecular complexity index is 371. The van der Waals surface area contributed by atoms with Gasteiger partial charge in [0, 0.05) is 24.2 Å². The second-order valence-electron chi connectivity index (χ2n) is 5.75. The van der Waals surface area contributed by atoms with Gasteiger partial charge in [0.2, 0.25) is 0 Å². The van der Waals surface area contributed by atoms with Crippen molar-refractivity contribution in [3.63, 3.8) is 0 Å². The molecule has 1 N–H and O–H groups in total. The van der Waals surface area contributed by atoms with Crippen molar-refractivity contribution in [2.45, 2.75) is 45.1 Å². The number of nitrogens with one attached hydrogen (secondary N) is 1. The molecule has 2 nitrogen and oxygen atoms in total. The lowest BCUT2D eigenvalue weighted by Crippen LogP contribution is -2.36. The van der Waals surface area contributed by atoms with Crippen LogP contribution in [0.25, 0.3) is 0 Å². The minimum absolute atomic E-state index is 0.460.